The van der Waals surface area contributed by atoms with E-state index >= 15 is 0 Å². The van der Waals surface area contributed by atoms with Gasteiger partial charge in [-0.25, -0.2) is 9.78 Å². The Morgan fingerprint density at radius 2 is 1.81 bits per heavy atom. The molecule has 3 aromatic rings. The van der Waals surface area contributed by atoms with Crippen molar-refractivity contribution in [2.75, 3.05) is 0 Å². The number of carbonyl (C=O) groups excluding carboxylic acids is 1. The summed E-state index contributed by atoms with van der Waals surface area (Å²) in [5.41, 5.74) is 5.71. The highest BCUT2D eigenvalue weighted by atomic mass is 35.5. The number of carboxylic acid groups (broad SMARTS) is 1. The van der Waals surface area contributed by atoms with Gasteiger partial charge in [-0.05, 0) is 64.4 Å². The number of fused-ring (bicyclic) bond motifs is 1. The van der Waals surface area contributed by atoms with Gasteiger partial charge in [-0.15, -0.1) is 0 Å². The van der Waals surface area contributed by atoms with E-state index in [1.807, 2.05) is 0 Å². The Balaban J connectivity index is 2.47. The first kappa shape index (κ1) is 23.3. The number of nitrogens with two attached hydrogens (primary N) is 1. The van der Waals surface area contributed by atoms with Crippen molar-refractivity contribution in [1.82, 2.24) is 14.5 Å². The second-order valence-electron chi connectivity index (χ2n) is 8.56. The molecule has 1 aromatic heterocycles. The highest BCUT2D eigenvalue weighted by Gasteiger charge is 2.35. The number of aromatic nitrogens is 2. The molecule has 0 bridgehead atoms. The zero-order valence-electron chi connectivity index (χ0n) is 18.5. The minimum absolute atomic E-state index is 0.201. The maximum atomic E-state index is 13.7. The number of benzene rings is 2. The fraction of sp³-hybridized carbons (Fsp3) is 0.304. The van der Waals surface area contributed by atoms with Gasteiger partial charge in [0.05, 0.1) is 27.7 Å². The number of carbonyl (C=O) groups is 2. The molecule has 1 atom stereocenters. The molecule has 0 fully saturated rings. The van der Waals surface area contributed by atoms with Crippen LogP contribution in [0, 0.1) is 6.92 Å². The summed E-state index contributed by atoms with van der Waals surface area (Å²) in [5, 5.41) is 10.4. The Kier molecular flexibility index (Phi) is 6.02. The highest BCUT2D eigenvalue weighted by molar-refractivity contribution is 6.35. The van der Waals surface area contributed by atoms with Gasteiger partial charge in [0, 0.05) is 11.1 Å². The van der Waals surface area contributed by atoms with Crippen LogP contribution in [-0.4, -0.2) is 37.1 Å². The fourth-order valence-electron chi connectivity index (χ4n) is 4.00. The van der Waals surface area contributed by atoms with Gasteiger partial charge >= 0.3 is 6.09 Å². The smallest absolute Gasteiger partial charge is 0.408 e. The summed E-state index contributed by atoms with van der Waals surface area (Å²) < 4.78 is 1.32. The van der Waals surface area contributed by atoms with Crippen molar-refractivity contribution in [2.24, 2.45) is 5.73 Å². The maximum absolute atomic E-state index is 13.7. The van der Waals surface area contributed by atoms with E-state index in [4.69, 9.17) is 17.3 Å². The van der Waals surface area contributed by atoms with Crippen LogP contribution in [0.2, 0.25) is 5.02 Å². The third-order valence-electron chi connectivity index (χ3n) is 5.37. The van der Waals surface area contributed by atoms with Crippen LogP contribution in [0.3, 0.4) is 0 Å². The number of nitrogens with zero attached hydrogens (tertiary/aromatic N) is 3. The maximum Gasteiger partial charge on any atom is 0.408 e. The second kappa shape index (κ2) is 8.27. The first-order chi connectivity index (χ1) is 14.9. The Labute approximate surface area is 190 Å². The van der Waals surface area contributed by atoms with Crippen LogP contribution in [0.25, 0.3) is 16.6 Å². The van der Waals surface area contributed by atoms with Crippen molar-refractivity contribution >= 4 is 34.5 Å². The summed E-state index contributed by atoms with van der Waals surface area (Å²) in [6, 6.07) is 8.94. The number of amides is 2. The van der Waals surface area contributed by atoms with Gasteiger partial charge in [0.25, 0.3) is 5.56 Å². The summed E-state index contributed by atoms with van der Waals surface area (Å²) in [4.78, 5) is 43.7. The van der Waals surface area contributed by atoms with Crippen LogP contribution >= 0.6 is 11.6 Å². The number of rotatable bonds is 4. The van der Waals surface area contributed by atoms with Crippen molar-refractivity contribution < 1.29 is 14.7 Å². The zero-order chi connectivity index (χ0) is 24.0. The monoisotopic (exact) mass is 456 g/mol. The van der Waals surface area contributed by atoms with E-state index in [1.165, 1.54) is 9.47 Å². The summed E-state index contributed by atoms with van der Waals surface area (Å²) in [7, 11) is 0. The standard InChI is InChI=1S/C23H25ClN4O4/c1-12-14(19(25)29)8-6-11-17(12)27-20(13(2)28(22(31)32)23(3,4)5)26-16-10-7-9-15(24)18(16)21(27)30/h6-11,13H,1-5H3,(H2,25,29)(H,31,32)/t13-/m0/s1. The first-order valence-electron chi connectivity index (χ1n) is 9.99. The van der Waals surface area contributed by atoms with Crippen molar-refractivity contribution in [3.05, 3.63) is 68.7 Å². The summed E-state index contributed by atoms with van der Waals surface area (Å²) in [5.74, 6) is -0.438. The molecule has 0 aliphatic rings. The molecule has 3 N–H and O–H groups in total. The van der Waals surface area contributed by atoms with Crippen LogP contribution in [-0.2, 0) is 0 Å². The lowest BCUT2D eigenvalue weighted by atomic mass is 10.0. The van der Waals surface area contributed by atoms with Gasteiger partial charge < -0.3 is 10.8 Å². The molecule has 0 saturated carbocycles. The molecule has 3 rings (SSSR count). The molecule has 2 aromatic carbocycles. The number of hydrogen-bond donors (Lipinski definition) is 2. The number of hydrogen-bond acceptors (Lipinski definition) is 4. The van der Waals surface area contributed by atoms with Gasteiger partial charge in [-0.2, -0.15) is 0 Å². The third kappa shape index (κ3) is 3.93. The van der Waals surface area contributed by atoms with Crippen LogP contribution in [0.1, 0.15) is 55.5 Å². The van der Waals surface area contributed by atoms with Crippen LogP contribution < -0.4 is 11.3 Å². The van der Waals surface area contributed by atoms with Crippen molar-refractivity contribution in [2.45, 2.75) is 46.2 Å². The molecule has 0 aliphatic heterocycles. The molecule has 32 heavy (non-hydrogen) atoms. The van der Waals surface area contributed by atoms with Crippen molar-refractivity contribution in [3.63, 3.8) is 0 Å². The van der Waals surface area contributed by atoms with E-state index in [-0.39, 0.29) is 21.8 Å². The van der Waals surface area contributed by atoms with Gasteiger partial charge in [0.15, 0.2) is 0 Å². The van der Waals surface area contributed by atoms with Gasteiger partial charge in [-0.1, -0.05) is 23.7 Å². The molecule has 0 aliphatic carbocycles. The Bertz CT molecular complexity index is 1290. The van der Waals surface area contributed by atoms with Crippen molar-refractivity contribution in [3.8, 4) is 5.69 Å². The van der Waals surface area contributed by atoms with E-state index in [2.05, 4.69) is 4.98 Å². The Morgan fingerprint density at radius 1 is 1.19 bits per heavy atom. The second-order valence-corrected chi connectivity index (χ2v) is 8.97. The lowest BCUT2D eigenvalue weighted by Crippen LogP contribution is -2.47. The summed E-state index contributed by atoms with van der Waals surface area (Å²) in [6.45, 7) is 8.62. The Hall–Kier alpha value is -3.39. The molecule has 8 nitrogen and oxygen atoms in total. The van der Waals surface area contributed by atoms with Gasteiger partial charge in [0.1, 0.15) is 5.82 Å². The SMILES string of the molecule is Cc1c(C(N)=O)cccc1-n1c([C@H](C)N(C(=O)O)C(C)(C)C)nc2cccc(Cl)c2c1=O. The minimum atomic E-state index is -1.15. The molecule has 0 saturated heterocycles. The van der Waals surface area contributed by atoms with Crippen LogP contribution in [0.15, 0.2) is 41.2 Å². The molecule has 9 heteroatoms. The Morgan fingerprint density at radius 3 is 2.38 bits per heavy atom. The van der Waals surface area contributed by atoms with Crippen LogP contribution in [0.4, 0.5) is 4.79 Å². The topological polar surface area (TPSA) is 119 Å². The number of primary amides is 1. The molecular formula is C23H25ClN4O4. The zero-order valence-corrected chi connectivity index (χ0v) is 19.3. The third-order valence-corrected chi connectivity index (χ3v) is 5.69. The van der Waals surface area contributed by atoms with E-state index in [0.29, 0.717) is 16.8 Å². The minimum Gasteiger partial charge on any atom is -0.465 e. The first-order valence-corrected chi connectivity index (χ1v) is 10.4. The van der Waals surface area contributed by atoms with E-state index in [9.17, 15) is 19.5 Å². The van der Waals surface area contributed by atoms with E-state index < -0.39 is 29.1 Å². The lowest BCUT2D eigenvalue weighted by Gasteiger charge is -2.38. The largest absolute Gasteiger partial charge is 0.465 e. The quantitative estimate of drug-likeness (QED) is 0.607. The summed E-state index contributed by atoms with van der Waals surface area (Å²) in [6.07, 6.45) is -1.15. The molecule has 1 heterocycles. The fourth-order valence-corrected chi connectivity index (χ4v) is 4.25. The lowest BCUT2D eigenvalue weighted by molar-refractivity contribution is 0.0719. The van der Waals surface area contributed by atoms with Gasteiger partial charge in [0.2, 0.25) is 5.91 Å². The van der Waals surface area contributed by atoms with E-state index in [1.54, 1.807) is 71.0 Å². The van der Waals surface area contributed by atoms with E-state index in [0.717, 1.165) is 0 Å². The average molecular weight is 457 g/mol. The normalized spacial score (nSPS) is 12.6. The average Bonchev–Trinajstić information content (AvgIpc) is 2.66. The molecule has 2 amide bonds. The van der Waals surface area contributed by atoms with Crippen LogP contribution in [0.5, 0.6) is 0 Å². The number of halogens is 1. The molecule has 168 valence electrons. The molecule has 0 spiro atoms. The predicted molar refractivity (Wildman–Crippen MR) is 124 cm³/mol. The van der Waals surface area contributed by atoms with Gasteiger partial charge in [-0.3, -0.25) is 19.1 Å². The van der Waals surface area contributed by atoms with Crippen molar-refractivity contribution in [1.29, 1.82) is 0 Å². The molecule has 0 unspecified atom stereocenters. The molecule has 0 radical (unpaired) electrons. The summed E-state index contributed by atoms with van der Waals surface area (Å²) >= 11 is 6.33. The molecular weight excluding hydrogens is 432 g/mol. The predicted octanol–water partition coefficient (Wildman–Crippen LogP) is 4.29. The highest BCUT2D eigenvalue weighted by Crippen LogP contribution is 2.31.